The minimum Gasteiger partial charge on any atom is -0.497 e. The van der Waals surface area contributed by atoms with Crippen molar-refractivity contribution < 1.29 is 9.53 Å². The molecule has 4 heteroatoms. The van der Waals surface area contributed by atoms with Crippen LogP contribution >= 0.6 is 0 Å². The van der Waals surface area contributed by atoms with Gasteiger partial charge < -0.3 is 15.8 Å². The van der Waals surface area contributed by atoms with E-state index in [1.807, 2.05) is 30.3 Å². The first kappa shape index (κ1) is 13.9. The molecule has 3 N–H and O–H groups in total. The molecule has 0 spiro atoms. The second-order valence-corrected chi connectivity index (χ2v) is 4.44. The summed E-state index contributed by atoms with van der Waals surface area (Å²) in [5, 5.41) is 2.87. The van der Waals surface area contributed by atoms with Gasteiger partial charge >= 0.3 is 0 Å². The first-order valence-electron chi connectivity index (χ1n) is 6.46. The SMILES string of the molecule is COc1ccc(N)c(C(=O)NCCc2ccccc2)c1. The van der Waals surface area contributed by atoms with Gasteiger partial charge in [0.05, 0.1) is 12.7 Å². The lowest BCUT2D eigenvalue weighted by atomic mass is 10.1. The molecule has 0 aliphatic carbocycles. The second kappa shape index (κ2) is 6.61. The number of carbonyl (C=O) groups is 1. The fourth-order valence-electron chi connectivity index (χ4n) is 1.92. The van der Waals surface area contributed by atoms with E-state index in [9.17, 15) is 4.79 Å². The Balaban J connectivity index is 1.95. The molecule has 0 radical (unpaired) electrons. The standard InChI is InChI=1S/C16H18N2O2/c1-20-13-7-8-15(17)14(11-13)16(19)18-10-9-12-5-3-2-4-6-12/h2-8,11H,9-10,17H2,1H3,(H,18,19). The lowest BCUT2D eigenvalue weighted by molar-refractivity contribution is 0.0954. The maximum absolute atomic E-state index is 12.1. The maximum atomic E-state index is 12.1. The van der Waals surface area contributed by atoms with Gasteiger partial charge in [0.2, 0.25) is 0 Å². The Kier molecular flexibility index (Phi) is 4.60. The van der Waals surface area contributed by atoms with Crippen molar-refractivity contribution in [3.63, 3.8) is 0 Å². The summed E-state index contributed by atoms with van der Waals surface area (Å²) in [6.07, 6.45) is 0.788. The third-order valence-corrected chi connectivity index (χ3v) is 3.05. The number of amides is 1. The summed E-state index contributed by atoms with van der Waals surface area (Å²) < 4.78 is 5.10. The van der Waals surface area contributed by atoms with Crippen molar-refractivity contribution in [1.82, 2.24) is 5.32 Å². The number of hydrogen-bond acceptors (Lipinski definition) is 3. The smallest absolute Gasteiger partial charge is 0.253 e. The van der Waals surface area contributed by atoms with E-state index in [1.165, 1.54) is 5.56 Å². The molecule has 2 aromatic carbocycles. The predicted octanol–water partition coefficient (Wildman–Crippen LogP) is 2.25. The number of benzene rings is 2. The largest absolute Gasteiger partial charge is 0.497 e. The first-order chi connectivity index (χ1) is 9.70. The average molecular weight is 270 g/mol. The Morgan fingerprint density at radius 1 is 1.20 bits per heavy atom. The van der Waals surface area contributed by atoms with Crippen LogP contribution in [0.3, 0.4) is 0 Å². The van der Waals surface area contributed by atoms with Crippen molar-refractivity contribution in [2.45, 2.75) is 6.42 Å². The van der Waals surface area contributed by atoms with Crippen LogP contribution in [0, 0.1) is 0 Å². The molecule has 0 aromatic heterocycles. The number of ether oxygens (including phenoxy) is 1. The Morgan fingerprint density at radius 2 is 1.95 bits per heavy atom. The highest BCUT2D eigenvalue weighted by molar-refractivity contribution is 5.99. The van der Waals surface area contributed by atoms with Crippen LogP contribution < -0.4 is 15.8 Å². The van der Waals surface area contributed by atoms with E-state index >= 15 is 0 Å². The van der Waals surface area contributed by atoms with Crippen molar-refractivity contribution in [1.29, 1.82) is 0 Å². The predicted molar refractivity (Wildman–Crippen MR) is 79.9 cm³/mol. The molecule has 0 saturated heterocycles. The molecule has 4 nitrogen and oxygen atoms in total. The van der Waals surface area contributed by atoms with E-state index in [4.69, 9.17) is 10.5 Å². The van der Waals surface area contributed by atoms with Crippen LogP contribution in [0.15, 0.2) is 48.5 Å². The van der Waals surface area contributed by atoms with E-state index in [2.05, 4.69) is 5.32 Å². The number of hydrogen-bond donors (Lipinski definition) is 2. The maximum Gasteiger partial charge on any atom is 0.253 e. The number of anilines is 1. The number of methoxy groups -OCH3 is 1. The summed E-state index contributed by atoms with van der Waals surface area (Å²) in [4.78, 5) is 12.1. The molecular weight excluding hydrogens is 252 g/mol. The zero-order valence-corrected chi connectivity index (χ0v) is 11.4. The summed E-state index contributed by atoms with van der Waals surface area (Å²) in [7, 11) is 1.56. The number of nitrogen functional groups attached to an aromatic ring is 1. The van der Waals surface area contributed by atoms with Gasteiger partial charge in [-0.25, -0.2) is 0 Å². The molecule has 1 amide bonds. The summed E-state index contributed by atoms with van der Waals surface area (Å²) >= 11 is 0. The van der Waals surface area contributed by atoms with E-state index in [0.29, 0.717) is 23.5 Å². The lowest BCUT2D eigenvalue weighted by Crippen LogP contribution is -2.26. The third-order valence-electron chi connectivity index (χ3n) is 3.05. The molecule has 104 valence electrons. The number of nitrogens with two attached hydrogens (primary N) is 1. The highest BCUT2D eigenvalue weighted by Crippen LogP contribution is 2.19. The van der Waals surface area contributed by atoms with Crippen LogP contribution in [0.2, 0.25) is 0 Å². The summed E-state index contributed by atoms with van der Waals surface area (Å²) in [6, 6.07) is 15.1. The van der Waals surface area contributed by atoms with Gasteiger partial charge in [0.15, 0.2) is 0 Å². The van der Waals surface area contributed by atoms with E-state index in [-0.39, 0.29) is 5.91 Å². The quantitative estimate of drug-likeness (QED) is 0.819. The molecule has 2 rings (SSSR count). The van der Waals surface area contributed by atoms with Gasteiger partial charge in [0, 0.05) is 12.2 Å². The highest BCUT2D eigenvalue weighted by Gasteiger charge is 2.10. The Morgan fingerprint density at radius 3 is 2.65 bits per heavy atom. The highest BCUT2D eigenvalue weighted by atomic mass is 16.5. The molecule has 20 heavy (non-hydrogen) atoms. The average Bonchev–Trinajstić information content (AvgIpc) is 2.48. The minimum absolute atomic E-state index is 0.183. The number of carbonyl (C=O) groups excluding carboxylic acids is 1. The summed E-state index contributed by atoms with van der Waals surface area (Å²) in [5.41, 5.74) is 7.89. The Bertz CT molecular complexity index is 582. The minimum atomic E-state index is -0.183. The van der Waals surface area contributed by atoms with Crippen LogP contribution in [0.1, 0.15) is 15.9 Å². The summed E-state index contributed by atoms with van der Waals surface area (Å²) in [6.45, 7) is 0.569. The monoisotopic (exact) mass is 270 g/mol. The fraction of sp³-hybridized carbons (Fsp3) is 0.188. The third kappa shape index (κ3) is 3.51. The molecular formula is C16H18N2O2. The van der Waals surface area contributed by atoms with E-state index in [1.54, 1.807) is 25.3 Å². The Labute approximate surface area is 118 Å². The molecule has 2 aromatic rings. The van der Waals surface area contributed by atoms with Crippen LogP contribution in [0.4, 0.5) is 5.69 Å². The molecule has 0 aliphatic rings. The van der Waals surface area contributed by atoms with Gasteiger partial charge in [-0.2, -0.15) is 0 Å². The fourth-order valence-corrected chi connectivity index (χ4v) is 1.92. The zero-order valence-electron chi connectivity index (χ0n) is 11.4. The van der Waals surface area contributed by atoms with Crippen molar-refractivity contribution >= 4 is 11.6 Å². The van der Waals surface area contributed by atoms with Gasteiger partial charge in [-0.1, -0.05) is 30.3 Å². The van der Waals surface area contributed by atoms with E-state index < -0.39 is 0 Å². The zero-order chi connectivity index (χ0) is 14.4. The molecule has 0 saturated carbocycles. The molecule has 0 heterocycles. The van der Waals surface area contributed by atoms with Gasteiger partial charge in [0.1, 0.15) is 5.75 Å². The van der Waals surface area contributed by atoms with E-state index in [0.717, 1.165) is 6.42 Å². The van der Waals surface area contributed by atoms with Crippen molar-refractivity contribution in [3.8, 4) is 5.75 Å². The van der Waals surface area contributed by atoms with Crippen LogP contribution in [0.25, 0.3) is 0 Å². The van der Waals surface area contributed by atoms with Gasteiger partial charge in [0.25, 0.3) is 5.91 Å². The normalized spacial score (nSPS) is 10.1. The molecule has 0 atom stereocenters. The van der Waals surface area contributed by atoms with Crippen molar-refractivity contribution in [3.05, 3.63) is 59.7 Å². The van der Waals surface area contributed by atoms with Gasteiger partial charge in [-0.3, -0.25) is 4.79 Å². The van der Waals surface area contributed by atoms with Crippen LogP contribution in [-0.2, 0) is 6.42 Å². The van der Waals surface area contributed by atoms with Crippen LogP contribution in [0.5, 0.6) is 5.75 Å². The lowest BCUT2D eigenvalue weighted by Gasteiger charge is -2.09. The Hall–Kier alpha value is -2.49. The number of rotatable bonds is 5. The molecule has 0 unspecified atom stereocenters. The topological polar surface area (TPSA) is 64.3 Å². The first-order valence-corrected chi connectivity index (χ1v) is 6.46. The van der Waals surface area contributed by atoms with Crippen molar-refractivity contribution in [2.24, 2.45) is 0 Å². The molecule has 0 aliphatic heterocycles. The van der Waals surface area contributed by atoms with Crippen molar-refractivity contribution in [2.75, 3.05) is 19.4 Å². The summed E-state index contributed by atoms with van der Waals surface area (Å²) in [5.74, 6) is 0.435. The number of nitrogens with one attached hydrogen (secondary N) is 1. The molecule has 0 bridgehead atoms. The van der Waals surface area contributed by atoms with Gasteiger partial charge in [-0.05, 0) is 30.2 Å². The molecule has 0 fully saturated rings. The van der Waals surface area contributed by atoms with Gasteiger partial charge in [-0.15, -0.1) is 0 Å². The van der Waals surface area contributed by atoms with Crippen LogP contribution in [-0.4, -0.2) is 19.6 Å². The second-order valence-electron chi connectivity index (χ2n) is 4.44.